The number of hydrogen-bond donors (Lipinski definition) is 0. The molecule has 1 aliphatic rings. The highest BCUT2D eigenvalue weighted by atomic mass is 35.5. The Balaban J connectivity index is 2.09. The molecule has 0 N–H and O–H groups in total. The van der Waals surface area contributed by atoms with Gasteiger partial charge in [-0.1, -0.05) is 24.9 Å². The number of halogens is 2. The smallest absolute Gasteiger partial charge is 0.228 e. The molecule has 4 nitrogen and oxygen atoms in total. The summed E-state index contributed by atoms with van der Waals surface area (Å²) in [7, 11) is 0. The Hall–Kier alpha value is -1.62. The van der Waals surface area contributed by atoms with Gasteiger partial charge in [0.1, 0.15) is 5.82 Å². The molecule has 23 heavy (non-hydrogen) atoms. The van der Waals surface area contributed by atoms with Crippen molar-refractivity contribution in [3.63, 3.8) is 0 Å². The monoisotopic (exact) mass is 340 g/mol. The maximum absolute atomic E-state index is 13.3. The molecule has 1 unspecified atom stereocenters. The van der Waals surface area contributed by atoms with E-state index in [0.29, 0.717) is 18.8 Å². The minimum atomic E-state index is -0.522. The maximum atomic E-state index is 13.3. The van der Waals surface area contributed by atoms with Crippen LogP contribution in [0, 0.1) is 11.7 Å². The quantitative estimate of drug-likeness (QED) is 0.795. The van der Waals surface area contributed by atoms with Gasteiger partial charge in [-0.2, -0.15) is 0 Å². The predicted octanol–water partition coefficient (Wildman–Crippen LogP) is 3.48. The van der Waals surface area contributed by atoms with Crippen molar-refractivity contribution < 1.29 is 14.0 Å². The first-order valence-corrected chi connectivity index (χ1v) is 8.39. The third-order valence-corrected chi connectivity index (χ3v) is 4.45. The van der Waals surface area contributed by atoms with E-state index in [1.165, 1.54) is 23.1 Å². The van der Waals surface area contributed by atoms with E-state index in [4.69, 9.17) is 11.6 Å². The zero-order valence-corrected chi connectivity index (χ0v) is 14.3. The van der Waals surface area contributed by atoms with Gasteiger partial charge in [0.15, 0.2) is 0 Å². The molecule has 6 heteroatoms. The lowest BCUT2D eigenvalue weighted by atomic mass is 10.1. The molecule has 1 fully saturated rings. The van der Waals surface area contributed by atoms with Crippen LogP contribution in [0.25, 0.3) is 0 Å². The second-order valence-corrected chi connectivity index (χ2v) is 6.18. The van der Waals surface area contributed by atoms with E-state index >= 15 is 0 Å². The van der Waals surface area contributed by atoms with Crippen molar-refractivity contribution in [2.75, 3.05) is 24.5 Å². The molecule has 0 spiro atoms. The molecule has 0 aliphatic carbocycles. The Labute approximate surface area is 141 Å². The van der Waals surface area contributed by atoms with E-state index in [1.54, 1.807) is 0 Å². The number of hydrogen-bond acceptors (Lipinski definition) is 2. The van der Waals surface area contributed by atoms with E-state index in [9.17, 15) is 14.0 Å². The molecule has 0 aromatic heterocycles. The molecule has 1 atom stereocenters. The summed E-state index contributed by atoms with van der Waals surface area (Å²) in [6.45, 7) is 5.71. The van der Waals surface area contributed by atoms with E-state index < -0.39 is 5.82 Å². The number of benzene rings is 1. The van der Waals surface area contributed by atoms with Gasteiger partial charge >= 0.3 is 0 Å². The summed E-state index contributed by atoms with van der Waals surface area (Å²) in [5.74, 6) is -0.975. The van der Waals surface area contributed by atoms with Crippen LogP contribution in [-0.4, -0.2) is 36.3 Å². The van der Waals surface area contributed by atoms with Gasteiger partial charge in [0.25, 0.3) is 0 Å². The highest BCUT2D eigenvalue weighted by Crippen LogP contribution is 2.29. The average Bonchev–Trinajstić information content (AvgIpc) is 2.92. The second kappa shape index (κ2) is 7.77. The van der Waals surface area contributed by atoms with Crippen molar-refractivity contribution in [2.45, 2.75) is 33.1 Å². The number of carbonyl (C=O) groups excluding carboxylic acids is 2. The molecular weight excluding hydrogens is 319 g/mol. The van der Waals surface area contributed by atoms with Crippen LogP contribution in [0.2, 0.25) is 5.02 Å². The molecule has 1 aromatic rings. The summed E-state index contributed by atoms with van der Waals surface area (Å²) < 4.78 is 13.3. The standard InChI is InChI=1S/C17H22ClFN2O2/c1-3-5-8-20(4-2)17(23)12-9-16(22)21(11-12)13-6-7-15(19)14(18)10-13/h6-7,10,12H,3-5,8-9,11H2,1-2H3. The highest BCUT2D eigenvalue weighted by Gasteiger charge is 2.36. The van der Waals surface area contributed by atoms with Crippen molar-refractivity contribution in [3.05, 3.63) is 29.0 Å². The predicted molar refractivity (Wildman–Crippen MR) is 89.0 cm³/mol. The van der Waals surface area contributed by atoms with E-state index in [-0.39, 0.29) is 29.2 Å². The number of unbranched alkanes of at least 4 members (excludes halogenated alkanes) is 1. The summed E-state index contributed by atoms with van der Waals surface area (Å²) in [5.41, 5.74) is 0.535. The summed E-state index contributed by atoms with van der Waals surface area (Å²) in [6.07, 6.45) is 2.17. The van der Waals surface area contributed by atoms with Gasteiger partial charge in [0.05, 0.1) is 10.9 Å². The van der Waals surface area contributed by atoms with Crippen LogP contribution in [-0.2, 0) is 9.59 Å². The highest BCUT2D eigenvalue weighted by molar-refractivity contribution is 6.31. The summed E-state index contributed by atoms with van der Waals surface area (Å²) in [4.78, 5) is 28.1. The molecule has 1 aromatic carbocycles. The van der Waals surface area contributed by atoms with Crippen LogP contribution in [0.4, 0.5) is 10.1 Å². The number of nitrogens with zero attached hydrogens (tertiary/aromatic N) is 2. The van der Waals surface area contributed by atoms with Crippen LogP contribution in [0.1, 0.15) is 33.1 Å². The lowest BCUT2D eigenvalue weighted by Crippen LogP contribution is -2.38. The van der Waals surface area contributed by atoms with Crippen molar-refractivity contribution in [2.24, 2.45) is 5.92 Å². The first kappa shape index (κ1) is 17.7. The van der Waals surface area contributed by atoms with Gasteiger partial charge in [-0.3, -0.25) is 9.59 Å². The summed E-state index contributed by atoms with van der Waals surface area (Å²) in [5, 5.41) is -0.0248. The maximum Gasteiger partial charge on any atom is 0.228 e. The molecule has 0 radical (unpaired) electrons. The molecule has 1 aliphatic heterocycles. The fraction of sp³-hybridized carbons (Fsp3) is 0.529. The third kappa shape index (κ3) is 4.02. The molecule has 2 amide bonds. The Morgan fingerprint density at radius 2 is 2.17 bits per heavy atom. The molecule has 2 rings (SSSR count). The van der Waals surface area contributed by atoms with Gasteiger partial charge in [-0.15, -0.1) is 0 Å². The zero-order valence-electron chi connectivity index (χ0n) is 13.5. The van der Waals surface area contributed by atoms with E-state index in [0.717, 1.165) is 19.4 Å². The van der Waals surface area contributed by atoms with Crippen molar-refractivity contribution in [3.8, 4) is 0 Å². The minimum Gasteiger partial charge on any atom is -0.343 e. The van der Waals surface area contributed by atoms with Gasteiger partial charge in [-0.05, 0) is 31.5 Å². The molecular formula is C17H22ClFN2O2. The SMILES string of the molecule is CCCCN(CC)C(=O)C1CC(=O)N(c2ccc(F)c(Cl)c2)C1. The topological polar surface area (TPSA) is 40.6 Å². The van der Waals surface area contributed by atoms with Crippen LogP contribution < -0.4 is 4.90 Å². The van der Waals surface area contributed by atoms with Gasteiger partial charge < -0.3 is 9.80 Å². The summed E-state index contributed by atoms with van der Waals surface area (Å²) >= 11 is 5.78. The van der Waals surface area contributed by atoms with Crippen LogP contribution in [0.5, 0.6) is 0 Å². The van der Waals surface area contributed by atoms with E-state index in [2.05, 4.69) is 6.92 Å². The normalized spacial score (nSPS) is 17.7. The van der Waals surface area contributed by atoms with Gasteiger partial charge in [0.2, 0.25) is 11.8 Å². The number of amides is 2. The lowest BCUT2D eigenvalue weighted by Gasteiger charge is -2.24. The van der Waals surface area contributed by atoms with Crippen molar-refractivity contribution >= 4 is 29.1 Å². The van der Waals surface area contributed by atoms with Gasteiger partial charge in [0, 0.05) is 31.7 Å². The average molecular weight is 341 g/mol. The Bertz CT molecular complexity index is 594. The van der Waals surface area contributed by atoms with Crippen LogP contribution in [0.15, 0.2) is 18.2 Å². The molecule has 126 valence electrons. The third-order valence-electron chi connectivity index (χ3n) is 4.16. The fourth-order valence-corrected chi connectivity index (χ4v) is 2.98. The van der Waals surface area contributed by atoms with Crippen molar-refractivity contribution in [1.82, 2.24) is 4.90 Å². The number of rotatable bonds is 6. The molecule has 1 heterocycles. The second-order valence-electron chi connectivity index (χ2n) is 5.78. The molecule has 0 saturated carbocycles. The van der Waals surface area contributed by atoms with E-state index in [1.807, 2.05) is 11.8 Å². The van der Waals surface area contributed by atoms with Crippen LogP contribution in [0.3, 0.4) is 0 Å². The van der Waals surface area contributed by atoms with Crippen molar-refractivity contribution in [1.29, 1.82) is 0 Å². The Morgan fingerprint density at radius 1 is 1.43 bits per heavy atom. The molecule has 1 saturated heterocycles. The summed E-state index contributed by atoms with van der Waals surface area (Å²) in [6, 6.07) is 4.18. The van der Waals surface area contributed by atoms with Gasteiger partial charge in [-0.25, -0.2) is 4.39 Å². The zero-order chi connectivity index (χ0) is 17.0. The first-order valence-electron chi connectivity index (χ1n) is 8.02. The Kier molecular flexibility index (Phi) is 5.99. The first-order chi connectivity index (χ1) is 11.0. The van der Waals surface area contributed by atoms with Crippen LogP contribution >= 0.6 is 11.6 Å². The molecule has 0 bridgehead atoms. The number of anilines is 1. The number of carbonyl (C=O) groups is 2. The fourth-order valence-electron chi connectivity index (χ4n) is 2.81. The lowest BCUT2D eigenvalue weighted by molar-refractivity contribution is -0.135. The Morgan fingerprint density at radius 3 is 2.78 bits per heavy atom. The largest absolute Gasteiger partial charge is 0.343 e. The minimum absolute atomic E-state index is 0.0185.